The summed E-state index contributed by atoms with van der Waals surface area (Å²) in [5, 5.41) is 9.60. The zero-order chi connectivity index (χ0) is 24.3. The molecule has 0 spiro atoms. The second kappa shape index (κ2) is 10.4. The van der Waals surface area contributed by atoms with Crippen molar-refractivity contribution in [3.63, 3.8) is 0 Å². The van der Waals surface area contributed by atoms with Gasteiger partial charge >= 0.3 is 0 Å². The Balaban J connectivity index is 3.50. The fourth-order valence-corrected chi connectivity index (χ4v) is 5.39. The lowest BCUT2D eigenvalue weighted by atomic mass is 9.92. The van der Waals surface area contributed by atoms with E-state index in [1.165, 1.54) is 0 Å². The molecule has 6 heteroatoms. The van der Waals surface area contributed by atoms with E-state index in [0.29, 0.717) is 0 Å². The number of hydrogen-bond acceptors (Lipinski definition) is 4. The van der Waals surface area contributed by atoms with Gasteiger partial charge in [-0.05, 0) is 61.1 Å². The molecule has 0 aliphatic heterocycles. The van der Waals surface area contributed by atoms with Crippen LogP contribution in [0.4, 0.5) is 0 Å². The van der Waals surface area contributed by atoms with Gasteiger partial charge in [-0.25, -0.2) is 0 Å². The molecular formula is C25H48O4Si2. The van der Waals surface area contributed by atoms with Crippen molar-refractivity contribution >= 4 is 16.6 Å². The third-order valence-corrected chi connectivity index (χ3v) is 16.1. The summed E-state index contributed by atoms with van der Waals surface area (Å²) in [7, 11) is -2.33. The molecule has 1 N–H and O–H groups in total. The average molecular weight is 469 g/mol. The highest BCUT2D eigenvalue weighted by Gasteiger charge is 2.42. The van der Waals surface area contributed by atoms with E-state index >= 15 is 0 Å². The Bertz CT molecular complexity index is 702. The number of ether oxygens (including phenoxy) is 1. The molecule has 0 bridgehead atoms. The van der Waals surface area contributed by atoms with Crippen molar-refractivity contribution in [2.45, 2.75) is 104 Å². The SMILES string of the molecule is COc1c(O[Si](C)(C)C(C)(C)C)cccc1[C@H](O[Si](C)(C)C(C)(C)C)[C@H](C)CCCO. The van der Waals surface area contributed by atoms with Crippen molar-refractivity contribution in [2.75, 3.05) is 13.7 Å². The van der Waals surface area contributed by atoms with Crippen molar-refractivity contribution in [1.82, 2.24) is 0 Å². The van der Waals surface area contributed by atoms with Gasteiger partial charge in [0.1, 0.15) is 5.75 Å². The Kier molecular flexibility index (Phi) is 9.47. The van der Waals surface area contributed by atoms with E-state index in [0.717, 1.165) is 29.9 Å². The molecule has 0 saturated carbocycles. The molecule has 1 aromatic rings. The Morgan fingerprint density at radius 1 is 0.935 bits per heavy atom. The van der Waals surface area contributed by atoms with Crippen molar-refractivity contribution in [3.05, 3.63) is 23.8 Å². The van der Waals surface area contributed by atoms with Gasteiger partial charge in [0.05, 0.1) is 13.2 Å². The van der Waals surface area contributed by atoms with Crippen LogP contribution in [0.2, 0.25) is 36.3 Å². The number of methoxy groups -OCH3 is 1. The predicted molar refractivity (Wildman–Crippen MR) is 137 cm³/mol. The van der Waals surface area contributed by atoms with E-state index in [1.807, 2.05) is 6.07 Å². The van der Waals surface area contributed by atoms with Crippen LogP contribution in [0, 0.1) is 5.92 Å². The van der Waals surface area contributed by atoms with Crippen LogP contribution < -0.4 is 9.16 Å². The lowest BCUT2D eigenvalue weighted by Crippen LogP contribution is -2.44. The van der Waals surface area contributed by atoms with Crippen LogP contribution in [-0.2, 0) is 4.43 Å². The molecule has 1 rings (SSSR count). The minimum Gasteiger partial charge on any atom is -0.541 e. The lowest BCUT2D eigenvalue weighted by Gasteiger charge is -2.42. The molecule has 2 atom stereocenters. The zero-order valence-electron chi connectivity index (χ0n) is 22.2. The van der Waals surface area contributed by atoms with Gasteiger partial charge in [0, 0.05) is 12.2 Å². The topological polar surface area (TPSA) is 47.9 Å². The average Bonchev–Trinajstić information content (AvgIpc) is 2.61. The summed E-state index contributed by atoms with van der Waals surface area (Å²) in [5.74, 6) is 1.84. The van der Waals surface area contributed by atoms with Gasteiger partial charge in [0.2, 0.25) is 0 Å². The smallest absolute Gasteiger partial charge is 0.250 e. The number of benzene rings is 1. The van der Waals surface area contributed by atoms with Crippen molar-refractivity contribution in [1.29, 1.82) is 0 Å². The van der Waals surface area contributed by atoms with E-state index in [1.54, 1.807) is 7.11 Å². The molecule has 31 heavy (non-hydrogen) atoms. The van der Waals surface area contributed by atoms with Crippen LogP contribution >= 0.6 is 0 Å². The molecule has 1 aromatic carbocycles. The van der Waals surface area contributed by atoms with E-state index < -0.39 is 16.6 Å². The van der Waals surface area contributed by atoms with Gasteiger partial charge in [-0.1, -0.05) is 60.6 Å². The first-order chi connectivity index (χ1) is 14.0. The fourth-order valence-electron chi connectivity index (χ4n) is 3.03. The first-order valence-electron chi connectivity index (χ1n) is 11.6. The third-order valence-electron chi connectivity index (χ3n) is 7.25. The highest BCUT2D eigenvalue weighted by Crippen LogP contribution is 2.47. The number of hydrogen-bond donors (Lipinski definition) is 1. The van der Waals surface area contributed by atoms with Crippen molar-refractivity contribution < 1.29 is 18.7 Å². The summed E-state index contributed by atoms with van der Waals surface area (Å²) in [6.07, 6.45) is 1.55. The number of aliphatic hydroxyl groups is 1. The quantitative estimate of drug-likeness (QED) is 0.360. The summed E-state index contributed by atoms with van der Waals surface area (Å²) >= 11 is 0. The number of para-hydroxylation sites is 1. The second-order valence-electron chi connectivity index (χ2n) is 11.9. The maximum Gasteiger partial charge on any atom is 0.250 e. The Hall–Kier alpha value is -0.826. The van der Waals surface area contributed by atoms with Crippen LogP contribution in [-0.4, -0.2) is 35.5 Å². The lowest BCUT2D eigenvalue weighted by molar-refractivity contribution is 0.113. The molecule has 0 heterocycles. The van der Waals surface area contributed by atoms with E-state index in [-0.39, 0.29) is 28.7 Å². The molecule has 0 unspecified atom stereocenters. The molecule has 180 valence electrons. The van der Waals surface area contributed by atoms with Gasteiger partial charge in [-0.3, -0.25) is 0 Å². The fraction of sp³-hybridized carbons (Fsp3) is 0.760. The molecule has 0 aromatic heterocycles. The Morgan fingerprint density at radius 3 is 1.94 bits per heavy atom. The van der Waals surface area contributed by atoms with Crippen LogP contribution in [0.25, 0.3) is 0 Å². The predicted octanol–water partition coefficient (Wildman–Crippen LogP) is 7.55. The summed E-state index contributed by atoms with van der Waals surface area (Å²) in [5.41, 5.74) is 1.05. The Labute approximate surface area is 194 Å². The molecule has 0 amide bonds. The molecule has 0 saturated heterocycles. The normalized spacial score (nSPS) is 15.5. The highest BCUT2D eigenvalue weighted by molar-refractivity contribution is 6.75. The minimum absolute atomic E-state index is 0.0967. The van der Waals surface area contributed by atoms with E-state index in [2.05, 4.69) is 86.8 Å². The van der Waals surface area contributed by atoms with Gasteiger partial charge in [0.15, 0.2) is 14.1 Å². The second-order valence-corrected chi connectivity index (χ2v) is 21.4. The van der Waals surface area contributed by atoms with Crippen molar-refractivity contribution in [3.8, 4) is 11.5 Å². The Morgan fingerprint density at radius 2 is 1.48 bits per heavy atom. The summed E-state index contributed by atoms with van der Waals surface area (Å²) < 4.78 is 19.6. The maximum atomic E-state index is 9.41. The summed E-state index contributed by atoms with van der Waals surface area (Å²) in [6.45, 7) is 25.1. The van der Waals surface area contributed by atoms with Gasteiger partial charge < -0.3 is 18.7 Å². The van der Waals surface area contributed by atoms with Crippen LogP contribution in [0.5, 0.6) is 11.5 Å². The van der Waals surface area contributed by atoms with Gasteiger partial charge in [-0.15, -0.1) is 0 Å². The third kappa shape index (κ3) is 7.08. The van der Waals surface area contributed by atoms with E-state index in [4.69, 9.17) is 13.6 Å². The van der Waals surface area contributed by atoms with Crippen molar-refractivity contribution in [2.24, 2.45) is 5.92 Å². The minimum atomic E-state index is -2.03. The highest BCUT2D eigenvalue weighted by atomic mass is 28.4. The number of aliphatic hydroxyl groups excluding tert-OH is 1. The summed E-state index contributed by atoms with van der Waals surface area (Å²) in [4.78, 5) is 0. The van der Waals surface area contributed by atoms with E-state index in [9.17, 15) is 5.11 Å². The molecular weight excluding hydrogens is 420 g/mol. The van der Waals surface area contributed by atoms with Gasteiger partial charge in [0.25, 0.3) is 8.32 Å². The first kappa shape index (κ1) is 28.2. The zero-order valence-corrected chi connectivity index (χ0v) is 24.2. The molecule has 0 aliphatic rings. The molecule has 0 aliphatic carbocycles. The monoisotopic (exact) mass is 468 g/mol. The van der Waals surface area contributed by atoms with Gasteiger partial charge in [-0.2, -0.15) is 0 Å². The maximum absolute atomic E-state index is 9.41. The van der Waals surface area contributed by atoms with Crippen LogP contribution in [0.15, 0.2) is 18.2 Å². The first-order valence-corrected chi connectivity index (χ1v) is 17.4. The van der Waals surface area contributed by atoms with Crippen LogP contribution in [0.1, 0.15) is 73.0 Å². The molecule has 0 fully saturated rings. The molecule has 4 nitrogen and oxygen atoms in total. The standard InChI is InChI=1S/C25H48O4Si2/c1-19(15-14-18-26)22(29-31(11,12)25(5,6)7)20-16-13-17-21(23(20)27-8)28-30(9,10)24(2,3)4/h13,16-17,19,22,26H,14-15,18H2,1-12H3/t19-,22-/m1/s1. The largest absolute Gasteiger partial charge is 0.541 e. The number of rotatable bonds is 10. The molecule has 0 radical (unpaired) electrons. The van der Waals surface area contributed by atoms with Crippen LogP contribution in [0.3, 0.4) is 0 Å². The summed E-state index contributed by atoms with van der Waals surface area (Å²) in [6, 6.07) is 6.19.